The van der Waals surface area contributed by atoms with Crippen molar-refractivity contribution >= 4 is 69.6 Å². The molecular formula is C42H32Cl2F6N6O7. The third kappa shape index (κ3) is 16.9. The van der Waals surface area contributed by atoms with E-state index < -0.39 is 70.1 Å². The topological polar surface area (TPSA) is 195 Å². The summed E-state index contributed by atoms with van der Waals surface area (Å²) in [4.78, 5) is 53.3. The minimum absolute atomic E-state index is 0.123. The van der Waals surface area contributed by atoms with Gasteiger partial charge in [0.1, 0.15) is 35.8 Å². The van der Waals surface area contributed by atoms with Gasteiger partial charge in [-0.15, -0.1) is 0 Å². The van der Waals surface area contributed by atoms with Crippen molar-refractivity contribution in [2.45, 2.75) is 25.2 Å². The summed E-state index contributed by atoms with van der Waals surface area (Å²) >= 11 is 10.9. The van der Waals surface area contributed by atoms with Crippen molar-refractivity contribution in [1.29, 1.82) is 0 Å². The molecule has 0 saturated carbocycles. The van der Waals surface area contributed by atoms with Crippen LogP contribution in [0.15, 0.2) is 134 Å². The lowest BCUT2D eigenvalue weighted by molar-refractivity contribution is -0.140. The van der Waals surface area contributed by atoms with Crippen LogP contribution in [-0.4, -0.2) is 38.8 Å². The number of halogens is 8. The maximum atomic E-state index is 12.9. The molecule has 0 saturated heterocycles. The number of carbonyl (C=O) groups is 4. The molecule has 13 nitrogen and oxygen atoms in total. The number of hydrogen-bond donors (Lipinski definition) is 5. The van der Waals surface area contributed by atoms with Crippen LogP contribution in [0, 0.1) is 0 Å². The molecule has 2 heterocycles. The number of amides is 3. The second-order valence-electron chi connectivity index (χ2n) is 12.4. The first-order valence-electron chi connectivity index (χ1n) is 17.7. The van der Waals surface area contributed by atoms with E-state index in [-0.39, 0.29) is 11.4 Å². The number of pyridine rings is 2. The van der Waals surface area contributed by atoms with E-state index in [0.29, 0.717) is 35.0 Å². The van der Waals surface area contributed by atoms with Gasteiger partial charge in [-0.1, -0.05) is 35.3 Å². The van der Waals surface area contributed by atoms with Gasteiger partial charge in [0.15, 0.2) is 0 Å². The smallest absolute Gasteiger partial charge is 0.417 e. The van der Waals surface area contributed by atoms with Crippen LogP contribution < -0.4 is 31.2 Å². The predicted molar refractivity (Wildman–Crippen MR) is 222 cm³/mol. The number of rotatable bonds is 11. The summed E-state index contributed by atoms with van der Waals surface area (Å²) in [6.07, 6.45) is -4.24. The van der Waals surface area contributed by atoms with Crippen LogP contribution in [0.2, 0.25) is 10.0 Å². The van der Waals surface area contributed by atoms with Crippen molar-refractivity contribution in [3.8, 4) is 23.0 Å². The maximum Gasteiger partial charge on any atom is 0.417 e. The summed E-state index contributed by atoms with van der Waals surface area (Å²) in [5.41, 5.74) is 4.22. The van der Waals surface area contributed by atoms with E-state index in [4.69, 9.17) is 43.5 Å². The average molecular weight is 918 g/mol. The first-order chi connectivity index (χ1) is 29.7. The van der Waals surface area contributed by atoms with Gasteiger partial charge in [0.05, 0.1) is 21.2 Å². The van der Waals surface area contributed by atoms with Gasteiger partial charge in [-0.25, -0.2) is 0 Å². The molecule has 0 fully saturated rings. The van der Waals surface area contributed by atoms with Crippen molar-refractivity contribution in [2.24, 2.45) is 0 Å². The molecule has 3 amide bonds. The summed E-state index contributed by atoms with van der Waals surface area (Å²) in [7, 11) is 0. The summed E-state index contributed by atoms with van der Waals surface area (Å²) in [5, 5.41) is 14.2. The molecule has 4 aromatic carbocycles. The number of nitrogens with two attached hydrogens (primary N) is 1. The van der Waals surface area contributed by atoms with Crippen molar-refractivity contribution in [1.82, 2.24) is 9.97 Å². The largest absolute Gasteiger partial charge is 0.481 e. The zero-order valence-electron chi connectivity index (χ0n) is 32.0. The highest BCUT2D eigenvalue weighted by molar-refractivity contribution is 6.32. The number of hydrogen-bond acceptors (Lipinski definition) is 9. The third-order valence-electron chi connectivity index (χ3n) is 7.49. The second kappa shape index (κ2) is 22.5. The van der Waals surface area contributed by atoms with Crippen LogP contribution in [0.3, 0.4) is 0 Å². The zero-order valence-corrected chi connectivity index (χ0v) is 33.5. The van der Waals surface area contributed by atoms with Crippen LogP contribution in [0.1, 0.15) is 24.0 Å². The van der Waals surface area contributed by atoms with Gasteiger partial charge in [-0.2, -0.15) is 26.3 Å². The number of ether oxygens (including phenoxy) is 2. The van der Waals surface area contributed by atoms with Crippen molar-refractivity contribution in [3.63, 3.8) is 0 Å². The fourth-order valence-electron chi connectivity index (χ4n) is 4.84. The number of carbonyl (C=O) groups excluding carboxylic acids is 3. The molecule has 0 atom stereocenters. The van der Waals surface area contributed by atoms with Crippen molar-refractivity contribution in [3.05, 3.63) is 155 Å². The number of nitrogens with zero attached hydrogens (tertiary/aromatic N) is 2. The Morgan fingerprint density at radius 3 is 1.35 bits per heavy atom. The molecular weight excluding hydrogens is 885 g/mol. The Bertz CT molecular complexity index is 2520. The molecule has 6 N–H and O–H groups in total. The van der Waals surface area contributed by atoms with Crippen LogP contribution in [0.5, 0.6) is 23.0 Å². The molecule has 6 rings (SSSR count). The highest BCUT2D eigenvalue weighted by atomic mass is 35.5. The molecule has 0 aliphatic carbocycles. The number of carboxylic acids is 1. The van der Waals surface area contributed by atoms with E-state index in [0.717, 1.165) is 29.7 Å². The van der Waals surface area contributed by atoms with Gasteiger partial charge in [-0.3, -0.25) is 29.1 Å². The molecule has 0 aliphatic rings. The average Bonchev–Trinajstić information content (AvgIpc) is 3.19. The minimum Gasteiger partial charge on any atom is -0.481 e. The SMILES string of the molecule is Nc1cccc(Oc2ccncc2)c1.O=C(CC(=O)Nc1ccc(Cl)c(C(F)(F)F)c1)Nc1cccc(Oc2ccncc2)c1.O=C(O)CC(=O)Nc1ccc(Cl)c(C(F)(F)F)c1. The van der Waals surface area contributed by atoms with E-state index in [1.807, 2.05) is 23.5 Å². The molecule has 0 spiro atoms. The van der Waals surface area contributed by atoms with Gasteiger partial charge in [0.2, 0.25) is 17.7 Å². The monoisotopic (exact) mass is 916 g/mol. The Hall–Kier alpha value is -7.38. The standard InChI is InChI=1S/C21H15ClF3N3O3.C11H10N2O.C10H7ClF3NO3/c22-18-5-4-14(11-17(18)21(23,24)25)28-20(30)12-19(29)27-13-2-1-3-16(10-13)31-15-6-8-26-9-7-15;12-9-2-1-3-11(8-9)14-10-4-6-13-7-5-10;11-7-2-1-5(3-6(7)10(12,13)14)15-8(16)4-9(17)18/h1-11H,12H2,(H,27,29)(H,28,30);1-8H,12H2;1-3H,4H2,(H,15,16)(H,17,18). The van der Waals surface area contributed by atoms with Crippen molar-refractivity contribution in [2.75, 3.05) is 21.7 Å². The molecule has 63 heavy (non-hydrogen) atoms. The van der Waals surface area contributed by atoms with Gasteiger partial charge in [-0.05, 0) is 84.9 Å². The number of benzene rings is 4. The Balaban J connectivity index is 0.000000229. The lowest BCUT2D eigenvalue weighted by Crippen LogP contribution is -2.21. The second-order valence-corrected chi connectivity index (χ2v) is 13.3. The van der Waals surface area contributed by atoms with Crippen LogP contribution >= 0.6 is 23.2 Å². The zero-order chi connectivity index (χ0) is 46.2. The number of aliphatic carboxylic acids is 1. The van der Waals surface area contributed by atoms with Gasteiger partial charge in [0.25, 0.3) is 0 Å². The lowest BCUT2D eigenvalue weighted by Gasteiger charge is -2.12. The van der Waals surface area contributed by atoms with E-state index in [1.165, 1.54) is 6.07 Å². The van der Waals surface area contributed by atoms with Crippen molar-refractivity contribution < 1.29 is 60.1 Å². The highest BCUT2D eigenvalue weighted by Gasteiger charge is 2.34. The van der Waals surface area contributed by atoms with Crippen LogP contribution in [0.4, 0.5) is 49.1 Å². The molecule has 0 bridgehead atoms. The molecule has 21 heteroatoms. The molecule has 0 radical (unpaired) electrons. The van der Waals surface area contributed by atoms with E-state index in [1.54, 1.807) is 79.4 Å². The van der Waals surface area contributed by atoms with E-state index in [2.05, 4.69) is 20.6 Å². The first-order valence-corrected chi connectivity index (χ1v) is 18.5. The minimum atomic E-state index is -4.67. The van der Waals surface area contributed by atoms with Crippen LogP contribution in [0.25, 0.3) is 0 Å². The fourth-order valence-corrected chi connectivity index (χ4v) is 5.29. The number of nitrogens with one attached hydrogen (secondary N) is 3. The third-order valence-corrected chi connectivity index (χ3v) is 8.15. The summed E-state index contributed by atoms with van der Waals surface area (Å²) in [5.74, 6) is -1.23. The molecule has 2 aromatic heterocycles. The first kappa shape index (κ1) is 48.3. The number of anilines is 4. The molecule has 328 valence electrons. The molecule has 0 unspecified atom stereocenters. The molecule has 6 aromatic rings. The Kier molecular flexibility index (Phi) is 17.2. The number of carboxylic acid groups (broad SMARTS) is 1. The van der Waals surface area contributed by atoms with E-state index in [9.17, 15) is 45.5 Å². The quantitative estimate of drug-likeness (QED) is 0.0474. The van der Waals surface area contributed by atoms with E-state index >= 15 is 0 Å². The maximum absolute atomic E-state index is 12.9. The number of alkyl halides is 6. The predicted octanol–water partition coefficient (Wildman–Crippen LogP) is 10.7. The van der Waals surface area contributed by atoms with Gasteiger partial charge >= 0.3 is 18.3 Å². The number of aromatic nitrogens is 2. The Morgan fingerprint density at radius 1 is 0.540 bits per heavy atom. The number of nitrogen functional groups attached to an aromatic ring is 1. The highest BCUT2D eigenvalue weighted by Crippen LogP contribution is 2.37. The fraction of sp³-hybridized carbons (Fsp3) is 0.0952. The lowest BCUT2D eigenvalue weighted by atomic mass is 10.2. The summed E-state index contributed by atoms with van der Waals surface area (Å²) < 4.78 is 87.4. The van der Waals surface area contributed by atoms with Gasteiger partial charge < -0.3 is 36.3 Å². The Labute approximate surface area is 363 Å². The van der Waals surface area contributed by atoms with Gasteiger partial charge in [0, 0.05) is 59.7 Å². The normalized spacial score (nSPS) is 10.7. The molecule has 0 aliphatic heterocycles. The summed E-state index contributed by atoms with van der Waals surface area (Å²) in [6.45, 7) is 0. The summed E-state index contributed by atoms with van der Waals surface area (Å²) in [6, 6.07) is 26.4. The Morgan fingerprint density at radius 2 is 0.937 bits per heavy atom. The van der Waals surface area contributed by atoms with Crippen LogP contribution in [-0.2, 0) is 31.5 Å².